The van der Waals surface area contributed by atoms with Crippen molar-refractivity contribution in [2.75, 3.05) is 5.32 Å². The second-order valence-electron chi connectivity index (χ2n) is 4.67. The molecular weight excluding hydrogens is 296 g/mol. The topological polar surface area (TPSA) is 66.9 Å². The van der Waals surface area contributed by atoms with Crippen LogP contribution in [0.15, 0.2) is 18.3 Å². The van der Waals surface area contributed by atoms with E-state index in [4.69, 9.17) is 11.6 Å². The SMILES string of the molecule is Cc1nc(Nc2ccc(Cl)cn2)sc1C(=O)NC1CC1. The minimum atomic E-state index is -0.0420. The lowest BCUT2D eigenvalue weighted by Crippen LogP contribution is -2.25. The number of amides is 1. The number of nitrogens with one attached hydrogen (secondary N) is 2. The highest BCUT2D eigenvalue weighted by Gasteiger charge is 2.25. The fraction of sp³-hybridized carbons (Fsp3) is 0.308. The molecule has 104 valence electrons. The molecular formula is C13H13ClN4OS. The molecule has 0 aliphatic heterocycles. The van der Waals surface area contributed by atoms with Gasteiger partial charge in [-0.05, 0) is 31.9 Å². The molecule has 1 aliphatic rings. The monoisotopic (exact) mass is 308 g/mol. The number of rotatable bonds is 4. The molecule has 5 nitrogen and oxygen atoms in total. The van der Waals surface area contributed by atoms with E-state index in [2.05, 4.69) is 20.6 Å². The van der Waals surface area contributed by atoms with Gasteiger partial charge in [0.1, 0.15) is 10.7 Å². The summed E-state index contributed by atoms with van der Waals surface area (Å²) in [7, 11) is 0. The molecule has 1 aliphatic carbocycles. The van der Waals surface area contributed by atoms with Crippen molar-refractivity contribution >= 4 is 39.8 Å². The minimum Gasteiger partial charge on any atom is -0.349 e. The molecule has 2 aromatic rings. The number of thiazole rings is 1. The van der Waals surface area contributed by atoms with Crippen molar-refractivity contribution in [3.8, 4) is 0 Å². The lowest BCUT2D eigenvalue weighted by molar-refractivity contribution is 0.0954. The fourth-order valence-corrected chi connectivity index (χ4v) is 2.69. The first-order valence-electron chi connectivity index (χ1n) is 6.28. The lowest BCUT2D eigenvalue weighted by Gasteiger charge is -2.00. The Morgan fingerprint density at radius 1 is 1.45 bits per heavy atom. The molecule has 0 unspecified atom stereocenters. The summed E-state index contributed by atoms with van der Waals surface area (Å²) >= 11 is 7.11. The molecule has 0 saturated heterocycles. The fourth-order valence-electron chi connectivity index (χ4n) is 1.70. The van der Waals surface area contributed by atoms with Gasteiger partial charge in [-0.1, -0.05) is 22.9 Å². The third-order valence-electron chi connectivity index (χ3n) is 2.88. The van der Waals surface area contributed by atoms with Crippen molar-refractivity contribution in [2.24, 2.45) is 0 Å². The van der Waals surface area contributed by atoms with Crippen LogP contribution in [0.4, 0.5) is 10.9 Å². The molecule has 7 heteroatoms. The maximum atomic E-state index is 12.0. The van der Waals surface area contributed by atoms with Crippen LogP contribution in [0.5, 0.6) is 0 Å². The van der Waals surface area contributed by atoms with Crippen molar-refractivity contribution in [1.29, 1.82) is 0 Å². The summed E-state index contributed by atoms with van der Waals surface area (Å²) in [6, 6.07) is 3.86. The molecule has 3 rings (SSSR count). The summed E-state index contributed by atoms with van der Waals surface area (Å²) in [5, 5.41) is 7.27. The highest BCUT2D eigenvalue weighted by molar-refractivity contribution is 7.17. The molecule has 1 fully saturated rings. The summed E-state index contributed by atoms with van der Waals surface area (Å²) in [5.41, 5.74) is 0.726. The second kappa shape index (κ2) is 5.38. The van der Waals surface area contributed by atoms with Gasteiger partial charge in [-0.15, -0.1) is 0 Å². The molecule has 0 spiro atoms. The van der Waals surface area contributed by atoms with Crippen LogP contribution < -0.4 is 10.6 Å². The Bertz CT molecular complexity index is 636. The number of carbonyl (C=O) groups is 1. The summed E-state index contributed by atoms with van der Waals surface area (Å²) < 4.78 is 0. The van der Waals surface area contributed by atoms with E-state index in [0.29, 0.717) is 26.9 Å². The second-order valence-corrected chi connectivity index (χ2v) is 6.10. The van der Waals surface area contributed by atoms with Gasteiger partial charge in [0.05, 0.1) is 10.7 Å². The number of hydrogen-bond acceptors (Lipinski definition) is 5. The van der Waals surface area contributed by atoms with Gasteiger partial charge >= 0.3 is 0 Å². The van der Waals surface area contributed by atoms with E-state index in [0.717, 1.165) is 18.5 Å². The molecule has 0 radical (unpaired) electrons. The quantitative estimate of drug-likeness (QED) is 0.910. The van der Waals surface area contributed by atoms with E-state index in [9.17, 15) is 4.79 Å². The van der Waals surface area contributed by atoms with Gasteiger partial charge in [-0.3, -0.25) is 4.79 Å². The van der Waals surface area contributed by atoms with Crippen LogP contribution in [-0.4, -0.2) is 21.9 Å². The van der Waals surface area contributed by atoms with Crippen LogP contribution >= 0.6 is 22.9 Å². The van der Waals surface area contributed by atoms with Crippen molar-refractivity contribution in [1.82, 2.24) is 15.3 Å². The molecule has 1 amide bonds. The van der Waals surface area contributed by atoms with Crippen LogP contribution in [0, 0.1) is 6.92 Å². The van der Waals surface area contributed by atoms with Crippen molar-refractivity contribution in [3.05, 3.63) is 33.9 Å². The Balaban J connectivity index is 1.74. The maximum Gasteiger partial charge on any atom is 0.263 e. The number of aromatic nitrogens is 2. The first kappa shape index (κ1) is 13.3. The zero-order valence-corrected chi connectivity index (χ0v) is 12.4. The van der Waals surface area contributed by atoms with Crippen LogP contribution in [0.2, 0.25) is 5.02 Å². The largest absolute Gasteiger partial charge is 0.349 e. The van der Waals surface area contributed by atoms with Crippen LogP contribution in [0.1, 0.15) is 28.2 Å². The minimum absolute atomic E-state index is 0.0420. The Morgan fingerprint density at radius 3 is 2.90 bits per heavy atom. The molecule has 2 N–H and O–H groups in total. The van der Waals surface area contributed by atoms with Gasteiger partial charge in [0.25, 0.3) is 5.91 Å². The number of aryl methyl sites for hydroxylation is 1. The van der Waals surface area contributed by atoms with E-state index in [1.807, 2.05) is 6.92 Å². The molecule has 1 saturated carbocycles. The van der Waals surface area contributed by atoms with Gasteiger partial charge in [-0.25, -0.2) is 9.97 Å². The van der Waals surface area contributed by atoms with Gasteiger partial charge in [0.15, 0.2) is 5.13 Å². The first-order valence-corrected chi connectivity index (χ1v) is 7.48. The van der Waals surface area contributed by atoms with Crippen molar-refractivity contribution < 1.29 is 4.79 Å². The van der Waals surface area contributed by atoms with E-state index >= 15 is 0 Å². The summed E-state index contributed by atoms with van der Waals surface area (Å²) in [6.45, 7) is 1.83. The van der Waals surface area contributed by atoms with Gasteiger partial charge in [-0.2, -0.15) is 0 Å². The molecule has 0 aromatic carbocycles. The number of pyridine rings is 1. The number of anilines is 2. The molecule has 20 heavy (non-hydrogen) atoms. The third-order valence-corrected chi connectivity index (χ3v) is 4.17. The standard InChI is InChI=1S/C13H13ClN4OS/c1-7-11(12(19)17-9-3-4-9)20-13(16-7)18-10-5-2-8(14)6-15-10/h2,5-6,9H,3-4H2,1H3,(H,17,19)(H,15,16,18). The highest BCUT2D eigenvalue weighted by atomic mass is 35.5. The zero-order valence-electron chi connectivity index (χ0n) is 10.8. The van der Waals surface area contributed by atoms with E-state index in [1.54, 1.807) is 18.3 Å². The predicted molar refractivity (Wildman–Crippen MR) is 79.9 cm³/mol. The summed E-state index contributed by atoms with van der Waals surface area (Å²) in [4.78, 5) is 21.2. The average Bonchev–Trinajstić information content (AvgIpc) is 3.14. The first-order chi connectivity index (χ1) is 9.61. The normalized spacial score (nSPS) is 14.1. The number of nitrogens with zero attached hydrogens (tertiary/aromatic N) is 2. The van der Waals surface area contributed by atoms with Crippen LogP contribution in [-0.2, 0) is 0 Å². The Labute approximate surface area is 125 Å². The van der Waals surface area contributed by atoms with Crippen molar-refractivity contribution in [3.63, 3.8) is 0 Å². The Kier molecular flexibility index (Phi) is 3.58. The molecule has 2 aromatic heterocycles. The van der Waals surface area contributed by atoms with E-state index in [-0.39, 0.29) is 5.91 Å². The van der Waals surface area contributed by atoms with Crippen LogP contribution in [0.25, 0.3) is 0 Å². The molecule has 0 bridgehead atoms. The number of carbonyl (C=O) groups excluding carboxylic acids is 1. The smallest absolute Gasteiger partial charge is 0.263 e. The van der Waals surface area contributed by atoms with Crippen molar-refractivity contribution in [2.45, 2.75) is 25.8 Å². The maximum absolute atomic E-state index is 12.0. The number of hydrogen-bond donors (Lipinski definition) is 2. The van der Waals surface area contributed by atoms with Gasteiger partial charge in [0, 0.05) is 12.2 Å². The predicted octanol–water partition coefficient (Wildman–Crippen LogP) is 3.14. The van der Waals surface area contributed by atoms with Crippen LogP contribution in [0.3, 0.4) is 0 Å². The van der Waals surface area contributed by atoms with Gasteiger partial charge < -0.3 is 10.6 Å². The summed E-state index contributed by atoms with van der Waals surface area (Å²) in [5.74, 6) is 0.608. The summed E-state index contributed by atoms with van der Waals surface area (Å²) in [6.07, 6.45) is 3.71. The van der Waals surface area contributed by atoms with Gasteiger partial charge in [0.2, 0.25) is 0 Å². The Hall–Kier alpha value is -1.66. The highest BCUT2D eigenvalue weighted by Crippen LogP contribution is 2.27. The Morgan fingerprint density at radius 2 is 2.25 bits per heavy atom. The zero-order chi connectivity index (χ0) is 14.1. The van der Waals surface area contributed by atoms with E-state index in [1.165, 1.54) is 11.3 Å². The average molecular weight is 309 g/mol. The molecule has 0 atom stereocenters. The lowest BCUT2D eigenvalue weighted by atomic mass is 10.4. The third kappa shape index (κ3) is 3.08. The van der Waals surface area contributed by atoms with E-state index < -0.39 is 0 Å². The number of halogens is 1. The molecule has 2 heterocycles.